The molecule has 3 saturated heterocycles. The first-order valence-electron chi connectivity index (χ1n) is 22.3. The first-order chi connectivity index (χ1) is 30.4. The fraction of sp³-hybridized carbons (Fsp3) is 0.478. The molecular formula is C46H53ClN10O5S. The summed E-state index contributed by atoms with van der Waals surface area (Å²) in [6.07, 6.45) is 14.4. The van der Waals surface area contributed by atoms with Crippen LogP contribution in [-0.4, -0.2) is 101 Å². The Balaban J connectivity index is 0.745. The summed E-state index contributed by atoms with van der Waals surface area (Å²) in [5.74, 6) is 0.469. The number of aryl methyl sites for hydroxylation is 1. The summed E-state index contributed by atoms with van der Waals surface area (Å²) in [5.41, 5.74) is 3.74. The quantitative estimate of drug-likeness (QED) is 0.148. The lowest BCUT2D eigenvalue weighted by atomic mass is 9.95. The molecule has 330 valence electrons. The third-order valence-corrected chi connectivity index (χ3v) is 16.7. The Labute approximate surface area is 371 Å². The molecule has 1 unspecified atom stereocenters. The molecule has 15 nitrogen and oxygen atoms in total. The van der Waals surface area contributed by atoms with Crippen LogP contribution in [0.5, 0.6) is 0 Å². The first-order valence-corrected chi connectivity index (χ1v) is 24.1. The smallest absolute Gasteiger partial charge is 0.328 e. The van der Waals surface area contributed by atoms with Crippen LogP contribution in [0.25, 0.3) is 21.8 Å². The molecular weight excluding hydrogens is 840 g/mol. The van der Waals surface area contributed by atoms with E-state index in [0.29, 0.717) is 60.0 Å². The number of urea groups is 1. The number of anilines is 4. The topological polar surface area (TPSA) is 166 Å². The van der Waals surface area contributed by atoms with E-state index in [9.17, 15) is 22.8 Å². The van der Waals surface area contributed by atoms with Crippen molar-refractivity contribution < 1.29 is 18.0 Å². The van der Waals surface area contributed by atoms with Gasteiger partial charge in [0.25, 0.3) is 5.56 Å². The van der Waals surface area contributed by atoms with Gasteiger partial charge < -0.3 is 15.1 Å². The highest BCUT2D eigenvalue weighted by molar-refractivity contribution is 7.89. The second kappa shape index (κ2) is 16.4. The van der Waals surface area contributed by atoms with Crippen LogP contribution in [-0.2, 0) is 14.8 Å². The Kier molecular flexibility index (Phi) is 10.9. The van der Waals surface area contributed by atoms with Crippen LogP contribution in [0, 0.1) is 18.3 Å². The third kappa shape index (κ3) is 7.82. The molecule has 63 heavy (non-hydrogen) atoms. The Morgan fingerprint density at radius 3 is 2.44 bits per heavy atom. The highest BCUT2D eigenvalue weighted by atomic mass is 35.5. The fourth-order valence-corrected chi connectivity index (χ4v) is 12.6. The minimum Gasteiger partial charge on any atom is -0.371 e. The molecule has 2 saturated carbocycles. The Bertz CT molecular complexity index is 2800. The van der Waals surface area contributed by atoms with Gasteiger partial charge in [-0.05, 0) is 113 Å². The summed E-state index contributed by atoms with van der Waals surface area (Å²) >= 11 is 6.42. The molecule has 0 bridgehead atoms. The van der Waals surface area contributed by atoms with Crippen LogP contribution in [0.2, 0.25) is 5.02 Å². The number of nitrogens with zero attached hydrogens (tertiary/aromatic N) is 8. The van der Waals surface area contributed by atoms with Crippen molar-refractivity contribution in [3.8, 4) is 0 Å². The number of fused-ring (bicyclic) bond motifs is 2. The number of nitrogens with one attached hydrogen (secondary N) is 2. The molecule has 1 atom stereocenters. The van der Waals surface area contributed by atoms with E-state index >= 15 is 0 Å². The van der Waals surface area contributed by atoms with Gasteiger partial charge in [0.05, 0.1) is 16.8 Å². The zero-order chi connectivity index (χ0) is 43.6. The Morgan fingerprint density at radius 1 is 0.905 bits per heavy atom. The van der Waals surface area contributed by atoms with Crippen molar-refractivity contribution in [2.24, 2.45) is 11.3 Å². The molecule has 5 fully saturated rings. The molecule has 3 aromatic heterocycles. The number of benzene rings is 2. The van der Waals surface area contributed by atoms with Gasteiger partial charge in [-0.2, -0.15) is 9.29 Å². The second-order valence-electron chi connectivity index (χ2n) is 18.3. The van der Waals surface area contributed by atoms with E-state index in [1.165, 1.54) is 0 Å². The maximum absolute atomic E-state index is 14.0. The number of carbonyl (C=O) groups is 2. The minimum absolute atomic E-state index is 0.0709. The summed E-state index contributed by atoms with van der Waals surface area (Å²) in [5, 5.41) is 8.50. The van der Waals surface area contributed by atoms with Gasteiger partial charge in [0.1, 0.15) is 10.7 Å². The zero-order valence-electron chi connectivity index (χ0n) is 35.7. The fourth-order valence-electron chi connectivity index (χ4n) is 10.8. The average Bonchev–Trinajstić information content (AvgIpc) is 3.96. The van der Waals surface area contributed by atoms with Crippen molar-refractivity contribution in [2.75, 3.05) is 61.4 Å². The molecule has 5 aromatic rings. The van der Waals surface area contributed by atoms with Gasteiger partial charge in [-0.1, -0.05) is 30.2 Å². The second-order valence-corrected chi connectivity index (χ2v) is 20.6. The molecule has 5 aliphatic rings. The Hall–Kier alpha value is -5.16. The molecule has 10 rings (SSSR count). The number of carbonyl (C=O) groups excluding carboxylic acids is 2. The number of hydrogen-bond acceptors (Lipinski definition) is 11. The Morgan fingerprint density at radius 2 is 1.70 bits per heavy atom. The molecule has 0 radical (unpaired) electrons. The molecule has 2 N–H and O–H groups in total. The number of pyridine rings is 2. The van der Waals surface area contributed by atoms with Gasteiger partial charge in [0.15, 0.2) is 0 Å². The van der Waals surface area contributed by atoms with Crippen LogP contribution in [0.4, 0.5) is 27.8 Å². The summed E-state index contributed by atoms with van der Waals surface area (Å²) in [4.78, 5) is 58.4. The molecule has 1 spiro atoms. The number of amides is 3. The van der Waals surface area contributed by atoms with Crippen LogP contribution >= 0.6 is 11.6 Å². The standard InChI is InChI=1S/C46H53ClN10O5S/c1-29-23-33(8-9-37(29)50-44-49-25-31-24-36(47)43(59)57(42(31)52-44)40-7-4-15-46(40)16-17-46)63(61,62)55-20-10-30(11-21-55)28-53(2)32-12-18-54(19-13-32)38-6-3-5-34-35(38)26-48-27-39(34)56-22-14-41(58)51-45(56)60/h3,5-6,8-9,23-27,30,32,40H,4,7,10-22,28H2,1-2H3,(H,49,50,52)(H,51,58,60). The van der Waals surface area contributed by atoms with Gasteiger partial charge in [-0.15, -0.1) is 0 Å². The zero-order valence-corrected chi connectivity index (χ0v) is 37.3. The molecule has 17 heteroatoms. The van der Waals surface area contributed by atoms with Crippen LogP contribution in [0.3, 0.4) is 0 Å². The van der Waals surface area contributed by atoms with Crippen LogP contribution in [0.15, 0.2) is 70.7 Å². The SMILES string of the molecule is Cc1cc(S(=O)(=O)N2CCC(CN(C)C3CCN(c4cccc5c(N6CCC(=O)NC6=O)cncc45)CC3)CC2)ccc1Nc1ncc2cc(Cl)c(=O)n(C3CCCC34CC4)c2n1. The van der Waals surface area contributed by atoms with E-state index < -0.39 is 16.1 Å². The van der Waals surface area contributed by atoms with Gasteiger partial charge in [0.2, 0.25) is 21.9 Å². The van der Waals surface area contributed by atoms with Crippen molar-refractivity contribution in [1.82, 2.24) is 34.0 Å². The van der Waals surface area contributed by atoms with Crippen molar-refractivity contribution in [2.45, 2.75) is 88.1 Å². The summed E-state index contributed by atoms with van der Waals surface area (Å²) < 4.78 is 31.3. The summed E-state index contributed by atoms with van der Waals surface area (Å²) in [6, 6.07) is 13.0. The predicted octanol–water partition coefficient (Wildman–Crippen LogP) is 7.00. The van der Waals surface area contributed by atoms with Gasteiger partial charge in [-0.25, -0.2) is 18.2 Å². The highest BCUT2D eigenvalue weighted by Gasteiger charge is 2.53. The van der Waals surface area contributed by atoms with Crippen molar-refractivity contribution in [3.05, 3.63) is 82.0 Å². The number of sulfonamides is 1. The minimum atomic E-state index is -3.70. The third-order valence-electron chi connectivity index (χ3n) is 14.5. The maximum atomic E-state index is 14.0. The van der Waals surface area contributed by atoms with E-state index in [4.69, 9.17) is 16.6 Å². The van der Waals surface area contributed by atoms with Gasteiger partial charge in [-0.3, -0.25) is 29.4 Å². The predicted molar refractivity (Wildman–Crippen MR) is 244 cm³/mol. The number of hydrogen-bond donors (Lipinski definition) is 2. The lowest BCUT2D eigenvalue weighted by Crippen LogP contribution is -2.49. The van der Waals surface area contributed by atoms with Crippen LogP contribution in [0.1, 0.15) is 75.8 Å². The van der Waals surface area contributed by atoms with Crippen LogP contribution < -0.4 is 26.0 Å². The molecule has 2 aromatic carbocycles. The summed E-state index contributed by atoms with van der Waals surface area (Å²) in [6.45, 7) is 5.83. The highest BCUT2D eigenvalue weighted by Crippen LogP contribution is 2.63. The molecule has 3 aliphatic heterocycles. The van der Waals surface area contributed by atoms with Crippen molar-refractivity contribution in [3.63, 3.8) is 0 Å². The van der Waals surface area contributed by atoms with E-state index in [1.807, 2.05) is 25.3 Å². The number of aromatic nitrogens is 4. The van der Waals surface area contributed by atoms with Crippen molar-refractivity contribution in [1.29, 1.82) is 0 Å². The molecule has 2 aliphatic carbocycles. The van der Waals surface area contributed by atoms with E-state index in [0.717, 1.165) is 99.4 Å². The van der Waals surface area contributed by atoms with Gasteiger partial charge >= 0.3 is 6.03 Å². The van der Waals surface area contributed by atoms with Gasteiger partial charge in [0, 0.05) is 97.7 Å². The maximum Gasteiger partial charge on any atom is 0.328 e. The first kappa shape index (κ1) is 41.8. The lowest BCUT2D eigenvalue weighted by Gasteiger charge is -2.40. The van der Waals surface area contributed by atoms with E-state index in [2.05, 4.69) is 43.5 Å². The number of imide groups is 1. The lowest BCUT2D eigenvalue weighted by molar-refractivity contribution is -0.120. The summed E-state index contributed by atoms with van der Waals surface area (Å²) in [7, 11) is -1.51. The van der Waals surface area contributed by atoms with E-state index in [-0.39, 0.29) is 39.3 Å². The molecule has 3 amide bonds. The normalized spacial score (nSPS) is 21.2. The van der Waals surface area contributed by atoms with Crippen molar-refractivity contribution >= 4 is 78.4 Å². The largest absolute Gasteiger partial charge is 0.371 e. The number of halogens is 1. The monoisotopic (exact) mass is 892 g/mol. The number of piperidine rings is 2. The average molecular weight is 894 g/mol. The van der Waals surface area contributed by atoms with E-state index in [1.54, 1.807) is 50.4 Å². The number of rotatable bonds is 10. The molecule has 6 heterocycles.